The lowest BCUT2D eigenvalue weighted by atomic mass is 10.0. The zero-order chi connectivity index (χ0) is 17.8. The molecular formula is C14H18F3NO4S. The minimum absolute atomic E-state index is 0.0174. The zero-order valence-corrected chi connectivity index (χ0v) is 13.4. The molecule has 1 aromatic rings. The van der Waals surface area contributed by atoms with Crippen LogP contribution >= 0.6 is 0 Å². The molecule has 23 heavy (non-hydrogen) atoms. The average molecular weight is 353 g/mol. The number of hydrogen-bond donors (Lipinski definition) is 2. The first-order chi connectivity index (χ1) is 10.4. The lowest BCUT2D eigenvalue weighted by Gasteiger charge is -2.14. The molecule has 0 radical (unpaired) electrons. The highest BCUT2D eigenvalue weighted by molar-refractivity contribution is 7.92. The van der Waals surface area contributed by atoms with E-state index in [0.29, 0.717) is 6.42 Å². The molecule has 0 saturated heterocycles. The molecule has 0 fully saturated rings. The third-order valence-corrected chi connectivity index (χ3v) is 4.59. The molecule has 0 aromatic heterocycles. The van der Waals surface area contributed by atoms with E-state index < -0.39 is 32.3 Å². The van der Waals surface area contributed by atoms with E-state index in [0.717, 1.165) is 24.3 Å². The fraction of sp³-hybridized carbons (Fsp3) is 0.500. The first-order valence-electron chi connectivity index (χ1n) is 6.83. The Morgan fingerprint density at radius 3 is 2.17 bits per heavy atom. The van der Waals surface area contributed by atoms with Crippen LogP contribution < -0.4 is 5.32 Å². The predicted octanol–water partition coefficient (Wildman–Crippen LogP) is 2.12. The van der Waals surface area contributed by atoms with Gasteiger partial charge in [-0.3, -0.25) is 4.79 Å². The van der Waals surface area contributed by atoms with Crippen LogP contribution in [-0.2, 0) is 9.84 Å². The third-order valence-electron chi connectivity index (χ3n) is 3.09. The van der Waals surface area contributed by atoms with Crippen molar-refractivity contribution in [1.29, 1.82) is 0 Å². The number of alkyl halides is 3. The number of rotatable bonds is 6. The maximum absolute atomic E-state index is 12.4. The van der Waals surface area contributed by atoms with Crippen LogP contribution in [-0.4, -0.2) is 37.6 Å². The van der Waals surface area contributed by atoms with Crippen molar-refractivity contribution in [3.63, 3.8) is 0 Å². The van der Waals surface area contributed by atoms with E-state index in [4.69, 9.17) is 0 Å². The Morgan fingerprint density at radius 1 is 1.22 bits per heavy atom. The van der Waals surface area contributed by atoms with Crippen molar-refractivity contribution in [3.05, 3.63) is 29.8 Å². The number of carbonyl (C=O) groups excluding carboxylic acids is 1. The molecule has 2 atom stereocenters. The lowest BCUT2D eigenvalue weighted by molar-refractivity contribution is -0.0436. The van der Waals surface area contributed by atoms with Crippen molar-refractivity contribution in [3.8, 4) is 0 Å². The van der Waals surface area contributed by atoms with Crippen LogP contribution in [0.3, 0.4) is 0 Å². The number of benzene rings is 1. The van der Waals surface area contributed by atoms with E-state index in [1.54, 1.807) is 6.92 Å². The summed E-state index contributed by atoms with van der Waals surface area (Å²) in [7, 11) is -5.42. The maximum atomic E-state index is 12.4. The maximum Gasteiger partial charge on any atom is 0.501 e. The van der Waals surface area contributed by atoms with Crippen molar-refractivity contribution < 1.29 is 31.5 Å². The molecule has 0 aliphatic carbocycles. The quantitative estimate of drug-likeness (QED) is 0.821. The summed E-state index contributed by atoms with van der Waals surface area (Å²) in [5.41, 5.74) is -5.33. The molecule has 1 rings (SSSR count). The first kappa shape index (κ1) is 19.4. The summed E-state index contributed by atoms with van der Waals surface area (Å²) in [6.07, 6.45) is -0.0166. The average Bonchev–Trinajstić information content (AvgIpc) is 2.43. The van der Waals surface area contributed by atoms with Crippen LogP contribution in [0.2, 0.25) is 0 Å². The molecule has 5 nitrogen and oxygen atoms in total. The van der Waals surface area contributed by atoms with Crippen molar-refractivity contribution in [1.82, 2.24) is 5.32 Å². The summed E-state index contributed by atoms with van der Waals surface area (Å²) in [6, 6.07) is 3.54. The van der Waals surface area contributed by atoms with Crippen molar-refractivity contribution in [2.45, 2.75) is 36.8 Å². The molecule has 1 aromatic carbocycles. The number of sulfone groups is 1. The molecule has 0 saturated carbocycles. The van der Waals surface area contributed by atoms with Crippen LogP contribution in [0.25, 0.3) is 0 Å². The van der Waals surface area contributed by atoms with Crippen molar-refractivity contribution in [2.75, 3.05) is 6.54 Å². The summed E-state index contributed by atoms with van der Waals surface area (Å²) in [6.45, 7) is 3.73. The molecule has 0 bridgehead atoms. The molecule has 1 amide bonds. The second-order valence-corrected chi connectivity index (χ2v) is 7.31. The normalized spacial score (nSPS) is 15.0. The fourth-order valence-corrected chi connectivity index (χ4v) is 2.72. The standard InChI is InChI=1S/C14H18F3NO4S/c1-9(7-10(2)19)8-18-13(20)11-3-5-12(6-4-11)23(21,22)14(15,16)17/h3-6,9-10,19H,7-8H2,1-2H3,(H,18,20)/t9-,10-/m1/s1. The summed E-state index contributed by atoms with van der Waals surface area (Å²) in [4.78, 5) is 10.9. The smallest absolute Gasteiger partial charge is 0.393 e. The Labute approximate surface area is 132 Å². The second kappa shape index (κ2) is 7.31. The molecule has 0 aliphatic heterocycles. The Morgan fingerprint density at radius 2 is 1.74 bits per heavy atom. The minimum atomic E-state index is -5.42. The molecule has 0 unspecified atom stereocenters. The van der Waals surface area contributed by atoms with Crippen LogP contribution in [0.5, 0.6) is 0 Å². The van der Waals surface area contributed by atoms with E-state index in [1.807, 2.05) is 6.92 Å². The van der Waals surface area contributed by atoms with Gasteiger partial charge >= 0.3 is 5.51 Å². The van der Waals surface area contributed by atoms with E-state index >= 15 is 0 Å². The number of halogens is 3. The van der Waals surface area contributed by atoms with Gasteiger partial charge < -0.3 is 10.4 Å². The van der Waals surface area contributed by atoms with Gasteiger partial charge in [-0.25, -0.2) is 8.42 Å². The number of nitrogens with one attached hydrogen (secondary N) is 1. The SMILES string of the molecule is C[C@@H](CNC(=O)c1ccc(S(=O)(=O)C(F)(F)F)cc1)C[C@@H](C)O. The highest BCUT2D eigenvalue weighted by Gasteiger charge is 2.46. The topological polar surface area (TPSA) is 83.5 Å². The first-order valence-corrected chi connectivity index (χ1v) is 8.31. The second-order valence-electron chi connectivity index (χ2n) is 5.37. The zero-order valence-electron chi connectivity index (χ0n) is 12.6. The van der Waals surface area contributed by atoms with Crippen molar-refractivity contribution in [2.24, 2.45) is 5.92 Å². The largest absolute Gasteiger partial charge is 0.501 e. The van der Waals surface area contributed by atoms with Gasteiger partial charge in [0, 0.05) is 12.1 Å². The van der Waals surface area contributed by atoms with Gasteiger partial charge in [-0.05, 0) is 43.5 Å². The summed E-state index contributed by atoms with van der Waals surface area (Å²) >= 11 is 0. The molecule has 2 N–H and O–H groups in total. The third kappa shape index (κ3) is 5.21. The molecule has 130 valence electrons. The van der Waals surface area contributed by atoms with Gasteiger partial charge in [-0.2, -0.15) is 13.2 Å². The van der Waals surface area contributed by atoms with Crippen LogP contribution in [0.1, 0.15) is 30.6 Å². The summed E-state index contributed by atoms with van der Waals surface area (Å²) < 4.78 is 59.6. The summed E-state index contributed by atoms with van der Waals surface area (Å²) in [5.74, 6) is -0.512. The molecular weight excluding hydrogens is 335 g/mol. The minimum Gasteiger partial charge on any atom is -0.393 e. The lowest BCUT2D eigenvalue weighted by Crippen LogP contribution is -2.29. The van der Waals surface area contributed by atoms with Gasteiger partial charge in [0.25, 0.3) is 15.7 Å². The van der Waals surface area contributed by atoms with E-state index in [-0.39, 0.29) is 18.0 Å². The van der Waals surface area contributed by atoms with E-state index in [2.05, 4.69) is 5.32 Å². The number of aliphatic hydroxyl groups is 1. The highest BCUT2D eigenvalue weighted by Crippen LogP contribution is 2.30. The number of hydrogen-bond acceptors (Lipinski definition) is 4. The van der Waals surface area contributed by atoms with Crippen LogP contribution in [0.15, 0.2) is 29.2 Å². The van der Waals surface area contributed by atoms with Crippen LogP contribution in [0.4, 0.5) is 13.2 Å². The number of aliphatic hydroxyl groups excluding tert-OH is 1. The molecule has 0 heterocycles. The Kier molecular flexibility index (Phi) is 6.18. The highest BCUT2D eigenvalue weighted by atomic mass is 32.2. The van der Waals surface area contributed by atoms with Gasteiger partial charge in [0.2, 0.25) is 0 Å². The Balaban J connectivity index is 2.76. The molecule has 0 aliphatic rings. The van der Waals surface area contributed by atoms with E-state index in [1.165, 1.54) is 0 Å². The Bertz CT molecular complexity index is 639. The van der Waals surface area contributed by atoms with E-state index in [9.17, 15) is 31.5 Å². The number of amides is 1. The van der Waals surface area contributed by atoms with Gasteiger partial charge in [-0.15, -0.1) is 0 Å². The van der Waals surface area contributed by atoms with Gasteiger partial charge in [0.15, 0.2) is 0 Å². The van der Waals surface area contributed by atoms with Crippen LogP contribution in [0, 0.1) is 5.92 Å². The van der Waals surface area contributed by atoms with Gasteiger partial charge in [-0.1, -0.05) is 6.92 Å². The Hall–Kier alpha value is -1.61. The predicted molar refractivity (Wildman–Crippen MR) is 77.5 cm³/mol. The number of carbonyl (C=O) groups is 1. The monoisotopic (exact) mass is 353 g/mol. The molecule has 0 spiro atoms. The molecule has 9 heteroatoms. The van der Waals surface area contributed by atoms with Gasteiger partial charge in [0.1, 0.15) is 0 Å². The summed E-state index contributed by atoms with van der Waals surface area (Å²) in [5, 5.41) is 11.8. The van der Waals surface area contributed by atoms with Crippen molar-refractivity contribution >= 4 is 15.7 Å². The fourth-order valence-electron chi connectivity index (χ4n) is 1.95. The van der Waals surface area contributed by atoms with Gasteiger partial charge in [0.05, 0.1) is 11.0 Å².